The van der Waals surface area contributed by atoms with Crippen molar-refractivity contribution >= 4 is 17.0 Å². The van der Waals surface area contributed by atoms with Gasteiger partial charge in [-0.3, -0.25) is 0 Å². The Labute approximate surface area is 112 Å². The normalized spacial score (nSPS) is 13.1. The van der Waals surface area contributed by atoms with Gasteiger partial charge in [0.2, 0.25) is 0 Å². The van der Waals surface area contributed by atoms with Crippen molar-refractivity contribution in [3.05, 3.63) is 29.3 Å². The maximum absolute atomic E-state index is 12.7. The third-order valence-electron chi connectivity index (χ3n) is 2.55. The Morgan fingerprint density at radius 3 is 2.63 bits per heavy atom. The van der Waals surface area contributed by atoms with E-state index < -0.39 is 29.0 Å². The average molecular weight is 297 g/mol. The molecule has 0 saturated heterocycles. The van der Waals surface area contributed by atoms with Gasteiger partial charge in [0.1, 0.15) is 11.9 Å². The van der Waals surface area contributed by atoms with Crippen molar-refractivity contribution in [3.8, 4) is 5.75 Å². The summed E-state index contributed by atoms with van der Waals surface area (Å²) in [4.78, 5) is 10.5. The highest BCUT2D eigenvalue weighted by Gasteiger charge is 2.34. The Balaban J connectivity index is 2.86. The molecule has 1 aromatic carbocycles. The zero-order valence-corrected chi connectivity index (χ0v) is 10.8. The lowest BCUT2D eigenvalue weighted by Crippen LogP contribution is -2.14. The highest BCUT2D eigenvalue weighted by Crippen LogP contribution is 2.36. The molecule has 0 aliphatic rings. The number of phenols is 1. The van der Waals surface area contributed by atoms with E-state index >= 15 is 0 Å². The second-order valence-corrected chi connectivity index (χ2v) is 4.31. The monoisotopic (exact) mass is 296 g/mol. The topological polar surface area (TPSA) is 46.5 Å². The maximum atomic E-state index is 12.7. The summed E-state index contributed by atoms with van der Waals surface area (Å²) in [6.07, 6.45) is -5.13. The first-order chi connectivity index (χ1) is 8.71. The minimum Gasteiger partial charge on any atom is -0.508 e. The molecule has 1 aromatic rings. The summed E-state index contributed by atoms with van der Waals surface area (Å²) in [5, 5.41) is 9.52. The largest absolute Gasteiger partial charge is 0.508 e. The van der Waals surface area contributed by atoms with E-state index in [2.05, 4.69) is 4.74 Å². The number of carbonyl (C=O) groups is 1. The SMILES string of the molecule is CC(CCc1c(O)cccc1C(F)(F)F)OC(=O)Cl. The molecular weight excluding hydrogens is 285 g/mol. The maximum Gasteiger partial charge on any atom is 0.416 e. The first-order valence-electron chi connectivity index (χ1n) is 5.46. The molecule has 1 atom stereocenters. The molecule has 0 aliphatic heterocycles. The fourth-order valence-electron chi connectivity index (χ4n) is 1.67. The number of phenolic OH excluding ortho intramolecular Hbond substituents is 1. The van der Waals surface area contributed by atoms with Gasteiger partial charge in [-0.05, 0) is 31.9 Å². The Morgan fingerprint density at radius 2 is 2.11 bits per heavy atom. The molecule has 106 valence electrons. The van der Waals surface area contributed by atoms with Crippen LogP contribution in [-0.4, -0.2) is 16.6 Å². The van der Waals surface area contributed by atoms with Gasteiger partial charge >= 0.3 is 11.6 Å². The number of aromatic hydroxyl groups is 1. The second kappa shape index (κ2) is 6.14. The smallest absolute Gasteiger partial charge is 0.416 e. The van der Waals surface area contributed by atoms with Crippen LogP contribution in [0.4, 0.5) is 18.0 Å². The first kappa shape index (κ1) is 15.6. The van der Waals surface area contributed by atoms with Crippen molar-refractivity contribution in [2.45, 2.75) is 32.0 Å². The molecule has 19 heavy (non-hydrogen) atoms. The van der Waals surface area contributed by atoms with Crippen LogP contribution >= 0.6 is 11.6 Å². The molecule has 1 rings (SSSR count). The first-order valence-corrected chi connectivity index (χ1v) is 5.83. The summed E-state index contributed by atoms with van der Waals surface area (Å²) in [5.74, 6) is -0.431. The van der Waals surface area contributed by atoms with Crippen molar-refractivity contribution in [2.24, 2.45) is 0 Å². The number of hydrogen-bond donors (Lipinski definition) is 1. The van der Waals surface area contributed by atoms with E-state index in [1.54, 1.807) is 0 Å². The third kappa shape index (κ3) is 4.63. The van der Waals surface area contributed by atoms with E-state index in [9.17, 15) is 23.1 Å². The van der Waals surface area contributed by atoms with Crippen LogP contribution in [-0.2, 0) is 17.3 Å². The molecule has 0 amide bonds. The molecule has 0 saturated carbocycles. The Kier molecular flexibility index (Phi) is 5.05. The lowest BCUT2D eigenvalue weighted by molar-refractivity contribution is -0.138. The zero-order valence-electron chi connectivity index (χ0n) is 10.00. The Bertz CT molecular complexity index is 460. The molecular formula is C12H12ClF3O3. The fraction of sp³-hybridized carbons (Fsp3) is 0.417. The Hall–Kier alpha value is -1.43. The number of ether oxygens (including phenoxy) is 1. The molecule has 1 unspecified atom stereocenters. The van der Waals surface area contributed by atoms with Crippen LogP contribution in [0.1, 0.15) is 24.5 Å². The Morgan fingerprint density at radius 1 is 1.47 bits per heavy atom. The number of alkyl halides is 3. The van der Waals surface area contributed by atoms with Crippen LogP contribution in [0.25, 0.3) is 0 Å². The van der Waals surface area contributed by atoms with Crippen molar-refractivity contribution in [1.82, 2.24) is 0 Å². The quantitative estimate of drug-likeness (QED) is 0.851. The van der Waals surface area contributed by atoms with Gasteiger partial charge in [0.15, 0.2) is 0 Å². The molecule has 0 heterocycles. The molecule has 7 heteroatoms. The number of halogens is 4. The zero-order chi connectivity index (χ0) is 14.6. The summed E-state index contributed by atoms with van der Waals surface area (Å²) >= 11 is 5.00. The fourth-order valence-corrected chi connectivity index (χ4v) is 1.82. The van der Waals surface area contributed by atoms with E-state index in [4.69, 9.17) is 11.6 Å². The van der Waals surface area contributed by atoms with Gasteiger partial charge < -0.3 is 9.84 Å². The van der Waals surface area contributed by atoms with Crippen LogP contribution in [0.3, 0.4) is 0 Å². The molecule has 0 fully saturated rings. The molecule has 0 spiro atoms. The molecule has 0 radical (unpaired) electrons. The van der Waals surface area contributed by atoms with Gasteiger partial charge in [-0.1, -0.05) is 6.07 Å². The van der Waals surface area contributed by atoms with Crippen LogP contribution in [0.2, 0.25) is 0 Å². The number of carbonyl (C=O) groups excluding carboxylic acids is 1. The molecule has 1 N–H and O–H groups in total. The molecule has 3 nitrogen and oxygen atoms in total. The number of rotatable bonds is 4. The average Bonchev–Trinajstić information content (AvgIpc) is 2.24. The lowest BCUT2D eigenvalue weighted by atomic mass is 10.00. The predicted octanol–water partition coefficient (Wildman–Crippen LogP) is 4.11. The van der Waals surface area contributed by atoms with Gasteiger partial charge in [-0.25, -0.2) is 4.79 Å². The summed E-state index contributed by atoms with van der Waals surface area (Å²) in [5.41, 5.74) is -2.12. The van der Waals surface area contributed by atoms with E-state index in [0.29, 0.717) is 0 Å². The predicted molar refractivity (Wildman–Crippen MR) is 63.2 cm³/mol. The van der Waals surface area contributed by atoms with Crippen molar-refractivity contribution in [3.63, 3.8) is 0 Å². The van der Waals surface area contributed by atoms with Gasteiger partial charge in [0.25, 0.3) is 0 Å². The van der Waals surface area contributed by atoms with Gasteiger partial charge in [-0.15, -0.1) is 0 Å². The van der Waals surface area contributed by atoms with Crippen LogP contribution in [0.15, 0.2) is 18.2 Å². The van der Waals surface area contributed by atoms with Crippen molar-refractivity contribution in [2.75, 3.05) is 0 Å². The van der Waals surface area contributed by atoms with Gasteiger partial charge in [0, 0.05) is 17.2 Å². The van der Waals surface area contributed by atoms with Crippen LogP contribution < -0.4 is 0 Å². The van der Waals surface area contributed by atoms with Crippen molar-refractivity contribution < 1.29 is 27.8 Å². The third-order valence-corrected chi connectivity index (χ3v) is 2.64. The standard InChI is InChI=1S/C12H12ClF3O3/c1-7(19-11(13)18)5-6-8-9(12(14,15)16)3-2-4-10(8)17/h2-4,7,17H,5-6H2,1H3. The molecule has 0 bridgehead atoms. The van der Waals surface area contributed by atoms with E-state index in [0.717, 1.165) is 12.1 Å². The minimum absolute atomic E-state index is 0.0765. The number of hydrogen-bond acceptors (Lipinski definition) is 3. The highest BCUT2D eigenvalue weighted by molar-refractivity contribution is 6.61. The number of benzene rings is 1. The summed E-state index contributed by atoms with van der Waals surface area (Å²) in [6.45, 7) is 1.51. The van der Waals surface area contributed by atoms with Gasteiger partial charge in [0.05, 0.1) is 5.56 Å². The minimum atomic E-state index is -4.54. The van der Waals surface area contributed by atoms with E-state index in [1.807, 2.05) is 0 Å². The summed E-state index contributed by atoms with van der Waals surface area (Å²) in [6, 6.07) is 3.21. The molecule has 0 aliphatic carbocycles. The molecule has 0 aromatic heterocycles. The highest BCUT2D eigenvalue weighted by atomic mass is 35.5. The van der Waals surface area contributed by atoms with Crippen LogP contribution in [0.5, 0.6) is 5.75 Å². The second-order valence-electron chi connectivity index (χ2n) is 4.01. The van der Waals surface area contributed by atoms with Crippen molar-refractivity contribution in [1.29, 1.82) is 0 Å². The lowest BCUT2D eigenvalue weighted by Gasteiger charge is -2.16. The van der Waals surface area contributed by atoms with Gasteiger partial charge in [-0.2, -0.15) is 13.2 Å². The summed E-state index contributed by atoms with van der Waals surface area (Å²) in [7, 11) is 0. The van der Waals surface area contributed by atoms with E-state index in [-0.39, 0.29) is 18.4 Å². The van der Waals surface area contributed by atoms with Crippen LogP contribution in [0, 0.1) is 0 Å². The summed E-state index contributed by atoms with van der Waals surface area (Å²) < 4.78 is 42.8. The van der Waals surface area contributed by atoms with E-state index in [1.165, 1.54) is 13.0 Å².